The number of hydrogen-bond donors (Lipinski definition) is 1. The molecule has 1 amide bonds. The lowest BCUT2D eigenvalue weighted by atomic mass is 10.1. The molecule has 3 aromatic rings. The molecule has 1 aliphatic heterocycles. The lowest BCUT2D eigenvalue weighted by Crippen LogP contribution is -2.33. The van der Waals surface area contributed by atoms with E-state index in [0.29, 0.717) is 25.6 Å². The van der Waals surface area contributed by atoms with Crippen LogP contribution in [0.5, 0.6) is 5.75 Å². The second-order valence-electron chi connectivity index (χ2n) is 10.1. The zero-order valence-corrected chi connectivity index (χ0v) is 21.3. The summed E-state index contributed by atoms with van der Waals surface area (Å²) in [4.78, 5) is 21.2. The zero-order valence-electron chi connectivity index (χ0n) is 21.3. The fraction of sp³-hybridized carbons (Fsp3) is 0.500. The molecule has 9 heteroatoms. The SMILES string of the molecule is CN(C)[C@@H]1CCN(c2cc(-c3ccc(OCCCNC(=O)OC(C)(C)C)cc3)nc3ccnn23)C1. The highest BCUT2D eigenvalue weighted by Gasteiger charge is 2.26. The number of rotatable bonds is 8. The lowest BCUT2D eigenvalue weighted by Gasteiger charge is -2.22. The van der Waals surface area contributed by atoms with Crippen molar-refractivity contribution >= 4 is 17.6 Å². The summed E-state index contributed by atoms with van der Waals surface area (Å²) < 4.78 is 13.0. The van der Waals surface area contributed by atoms with Crippen LogP contribution in [-0.2, 0) is 4.74 Å². The van der Waals surface area contributed by atoms with Crippen molar-refractivity contribution < 1.29 is 14.3 Å². The first-order chi connectivity index (χ1) is 16.7. The van der Waals surface area contributed by atoms with Gasteiger partial charge in [-0.05, 0) is 72.0 Å². The maximum absolute atomic E-state index is 11.7. The second kappa shape index (κ2) is 10.5. The number of ether oxygens (including phenoxy) is 2. The van der Waals surface area contributed by atoms with Crippen molar-refractivity contribution in [3.63, 3.8) is 0 Å². The molecule has 0 aliphatic carbocycles. The van der Waals surface area contributed by atoms with Gasteiger partial charge in [0.1, 0.15) is 17.2 Å². The third-order valence-corrected chi connectivity index (χ3v) is 5.97. The molecule has 1 N–H and O–H groups in total. The summed E-state index contributed by atoms with van der Waals surface area (Å²) in [6.07, 6.45) is 3.21. The number of nitrogens with one attached hydrogen (secondary N) is 1. The van der Waals surface area contributed by atoms with E-state index in [9.17, 15) is 4.79 Å². The molecule has 35 heavy (non-hydrogen) atoms. The number of nitrogens with zero attached hydrogens (tertiary/aromatic N) is 5. The number of alkyl carbamates (subject to hydrolysis) is 1. The Bertz CT molecular complexity index is 1140. The topological polar surface area (TPSA) is 84.2 Å². The molecular formula is C26H36N6O3. The number of fused-ring (bicyclic) bond motifs is 1. The molecule has 1 saturated heterocycles. The van der Waals surface area contributed by atoms with Gasteiger partial charge in [-0.3, -0.25) is 0 Å². The Morgan fingerprint density at radius 2 is 1.97 bits per heavy atom. The monoisotopic (exact) mass is 480 g/mol. The quantitative estimate of drug-likeness (QED) is 0.491. The van der Waals surface area contributed by atoms with E-state index >= 15 is 0 Å². The number of anilines is 1. The number of aromatic nitrogens is 3. The maximum atomic E-state index is 11.7. The van der Waals surface area contributed by atoms with Crippen molar-refractivity contribution in [3.05, 3.63) is 42.6 Å². The Balaban J connectivity index is 1.36. The summed E-state index contributed by atoms with van der Waals surface area (Å²) in [5, 5.41) is 7.25. The smallest absolute Gasteiger partial charge is 0.407 e. The van der Waals surface area contributed by atoms with Crippen LogP contribution in [-0.4, -0.2) is 77.6 Å². The van der Waals surface area contributed by atoms with Gasteiger partial charge in [-0.15, -0.1) is 0 Å². The molecule has 1 aromatic carbocycles. The summed E-state index contributed by atoms with van der Waals surface area (Å²) in [5.74, 6) is 1.85. The molecule has 1 fully saturated rings. The van der Waals surface area contributed by atoms with Gasteiger partial charge >= 0.3 is 6.09 Å². The van der Waals surface area contributed by atoms with Gasteiger partial charge in [0, 0.05) is 43.4 Å². The highest BCUT2D eigenvalue weighted by atomic mass is 16.6. The van der Waals surface area contributed by atoms with Crippen LogP contribution in [0, 0.1) is 0 Å². The average Bonchev–Trinajstić information content (AvgIpc) is 3.47. The largest absolute Gasteiger partial charge is 0.494 e. The molecule has 4 rings (SSSR count). The van der Waals surface area contributed by atoms with Crippen molar-refractivity contribution in [3.8, 4) is 17.0 Å². The molecule has 1 aliphatic rings. The standard InChI is InChI=1S/C26H36N6O3/c1-26(2,3)35-25(33)27-13-6-16-34-21-9-7-19(8-10-21)22-17-24(32-23(29-22)11-14-28-32)31-15-12-20(18-31)30(4)5/h7-11,14,17,20H,6,12-13,15-16,18H2,1-5H3,(H,27,33)/t20-/m1/s1. The minimum atomic E-state index is -0.496. The molecule has 0 saturated carbocycles. The Hall–Kier alpha value is -3.33. The summed E-state index contributed by atoms with van der Waals surface area (Å²) in [5.41, 5.74) is 2.28. The minimum Gasteiger partial charge on any atom is -0.494 e. The fourth-order valence-corrected chi connectivity index (χ4v) is 4.13. The first-order valence-electron chi connectivity index (χ1n) is 12.2. The molecule has 0 bridgehead atoms. The lowest BCUT2D eigenvalue weighted by molar-refractivity contribution is 0.0525. The molecule has 1 atom stereocenters. The molecule has 0 radical (unpaired) electrons. The van der Waals surface area contributed by atoms with Crippen LogP contribution in [0.25, 0.3) is 16.9 Å². The number of carbonyl (C=O) groups is 1. The second-order valence-corrected chi connectivity index (χ2v) is 10.1. The van der Waals surface area contributed by atoms with Gasteiger partial charge in [0.15, 0.2) is 5.65 Å². The van der Waals surface area contributed by atoms with Crippen LogP contribution in [0.3, 0.4) is 0 Å². The number of amides is 1. The highest BCUT2D eigenvalue weighted by Crippen LogP contribution is 2.28. The molecule has 9 nitrogen and oxygen atoms in total. The molecule has 0 unspecified atom stereocenters. The van der Waals surface area contributed by atoms with Crippen molar-refractivity contribution in [2.45, 2.75) is 45.3 Å². The van der Waals surface area contributed by atoms with Gasteiger partial charge < -0.3 is 24.6 Å². The summed E-state index contributed by atoms with van der Waals surface area (Å²) >= 11 is 0. The van der Waals surface area contributed by atoms with Crippen LogP contribution in [0.1, 0.15) is 33.6 Å². The van der Waals surface area contributed by atoms with Crippen LogP contribution in [0.15, 0.2) is 42.6 Å². The highest BCUT2D eigenvalue weighted by molar-refractivity contribution is 5.68. The summed E-state index contributed by atoms with van der Waals surface area (Å²) in [7, 11) is 4.27. The van der Waals surface area contributed by atoms with Gasteiger partial charge in [-0.1, -0.05) is 0 Å². The minimum absolute atomic E-state index is 0.407. The van der Waals surface area contributed by atoms with Crippen LogP contribution < -0.4 is 15.0 Å². The van der Waals surface area contributed by atoms with Crippen LogP contribution in [0.2, 0.25) is 0 Å². The number of carbonyl (C=O) groups excluding carboxylic acids is 1. The zero-order chi connectivity index (χ0) is 25.0. The van der Waals surface area contributed by atoms with Crippen molar-refractivity contribution in [2.75, 3.05) is 45.2 Å². The van der Waals surface area contributed by atoms with E-state index in [0.717, 1.165) is 48.0 Å². The predicted molar refractivity (Wildman–Crippen MR) is 137 cm³/mol. The third-order valence-electron chi connectivity index (χ3n) is 5.97. The molecule has 2 aromatic heterocycles. The van der Waals surface area contributed by atoms with E-state index in [1.54, 1.807) is 6.20 Å². The molecular weight excluding hydrogens is 444 g/mol. The van der Waals surface area contributed by atoms with Gasteiger partial charge in [-0.25, -0.2) is 9.78 Å². The van der Waals surface area contributed by atoms with Crippen LogP contribution >= 0.6 is 0 Å². The van der Waals surface area contributed by atoms with Gasteiger partial charge in [0.2, 0.25) is 0 Å². The van der Waals surface area contributed by atoms with E-state index in [2.05, 4.69) is 40.4 Å². The Labute approximate surface area is 207 Å². The number of benzene rings is 1. The first-order valence-corrected chi connectivity index (χ1v) is 12.2. The van der Waals surface area contributed by atoms with Gasteiger partial charge in [0.25, 0.3) is 0 Å². The van der Waals surface area contributed by atoms with E-state index in [1.807, 2.05) is 55.6 Å². The number of hydrogen-bond acceptors (Lipinski definition) is 7. The maximum Gasteiger partial charge on any atom is 0.407 e. The van der Waals surface area contributed by atoms with Gasteiger partial charge in [0.05, 0.1) is 18.5 Å². The van der Waals surface area contributed by atoms with Crippen molar-refractivity contribution in [1.82, 2.24) is 24.8 Å². The fourth-order valence-electron chi connectivity index (χ4n) is 4.13. The van der Waals surface area contributed by atoms with Gasteiger partial charge in [-0.2, -0.15) is 9.61 Å². The Morgan fingerprint density at radius 3 is 2.66 bits per heavy atom. The molecule has 0 spiro atoms. The molecule has 3 heterocycles. The van der Waals surface area contributed by atoms with E-state index in [-0.39, 0.29) is 0 Å². The number of likely N-dealkylation sites (N-methyl/N-ethyl adjacent to an activating group) is 1. The van der Waals surface area contributed by atoms with E-state index < -0.39 is 11.7 Å². The predicted octanol–water partition coefficient (Wildman–Crippen LogP) is 3.83. The average molecular weight is 481 g/mol. The Kier molecular flexibility index (Phi) is 7.45. The Morgan fingerprint density at radius 1 is 1.20 bits per heavy atom. The normalized spacial score (nSPS) is 16.2. The summed E-state index contributed by atoms with van der Waals surface area (Å²) in [6.45, 7) is 8.50. The molecule has 188 valence electrons. The van der Waals surface area contributed by atoms with E-state index in [1.165, 1.54) is 0 Å². The van der Waals surface area contributed by atoms with Crippen molar-refractivity contribution in [1.29, 1.82) is 0 Å². The summed E-state index contributed by atoms with van der Waals surface area (Å²) in [6, 6.07) is 12.6. The van der Waals surface area contributed by atoms with Crippen molar-refractivity contribution in [2.24, 2.45) is 0 Å². The van der Waals surface area contributed by atoms with E-state index in [4.69, 9.17) is 14.5 Å². The first kappa shape index (κ1) is 24.8. The third kappa shape index (κ3) is 6.42. The van der Waals surface area contributed by atoms with Crippen LogP contribution in [0.4, 0.5) is 10.6 Å².